The predicted molar refractivity (Wildman–Crippen MR) is 110 cm³/mol. The maximum Gasteiger partial charge on any atom is 0.227 e. The van der Waals surface area contributed by atoms with E-state index in [0.29, 0.717) is 19.0 Å². The summed E-state index contributed by atoms with van der Waals surface area (Å²) in [5.74, 6) is 1.63. The number of aromatic nitrogens is 2. The lowest BCUT2D eigenvalue weighted by atomic mass is 9.87. The fourth-order valence-electron chi connectivity index (χ4n) is 3.18. The SMILES string of the molecule is CC(=O)N1CCN(c2nc(C)cc(Nc3ccc(C(C)(C)C)cc3)n2)CC1. The molecule has 6 heteroatoms. The number of carbonyl (C=O) groups excluding carboxylic acids is 1. The third-order valence-corrected chi connectivity index (χ3v) is 4.87. The van der Waals surface area contributed by atoms with E-state index in [1.165, 1.54) is 5.56 Å². The van der Waals surface area contributed by atoms with Gasteiger partial charge in [-0.1, -0.05) is 32.9 Å². The minimum absolute atomic E-state index is 0.126. The van der Waals surface area contributed by atoms with Gasteiger partial charge in [0.25, 0.3) is 0 Å². The topological polar surface area (TPSA) is 61.4 Å². The van der Waals surface area contributed by atoms with Crippen molar-refractivity contribution in [2.24, 2.45) is 0 Å². The molecule has 0 bridgehead atoms. The van der Waals surface area contributed by atoms with Crippen molar-refractivity contribution in [1.82, 2.24) is 14.9 Å². The molecule has 1 aliphatic rings. The molecule has 1 aliphatic heterocycles. The Morgan fingerprint density at radius 1 is 1.04 bits per heavy atom. The summed E-state index contributed by atoms with van der Waals surface area (Å²) < 4.78 is 0. The molecule has 1 fully saturated rings. The molecule has 1 amide bonds. The third kappa shape index (κ3) is 4.76. The number of aryl methyl sites for hydroxylation is 1. The molecule has 0 radical (unpaired) electrons. The van der Waals surface area contributed by atoms with Gasteiger partial charge < -0.3 is 15.1 Å². The molecule has 1 N–H and O–H groups in total. The van der Waals surface area contributed by atoms with Crippen LogP contribution in [0.15, 0.2) is 30.3 Å². The lowest BCUT2D eigenvalue weighted by Crippen LogP contribution is -2.48. The van der Waals surface area contributed by atoms with Crippen LogP contribution in [0.1, 0.15) is 39.0 Å². The maximum absolute atomic E-state index is 11.5. The van der Waals surface area contributed by atoms with Crippen LogP contribution in [-0.4, -0.2) is 47.0 Å². The Morgan fingerprint density at radius 3 is 2.22 bits per heavy atom. The highest BCUT2D eigenvalue weighted by Gasteiger charge is 2.21. The smallest absolute Gasteiger partial charge is 0.227 e. The first-order chi connectivity index (χ1) is 12.7. The number of anilines is 3. The molecule has 0 atom stereocenters. The van der Waals surface area contributed by atoms with Gasteiger partial charge in [0.1, 0.15) is 5.82 Å². The van der Waals surface area contributed by atoms with Gasteiger partial charge in [-0.25, -0.2) is 4.98 Å². The standard InChI is InChI=1S/C21H29N5O/c1-15-14-19(23-18-8-6-17(7-9-18)21(3,4)5)24-20(22-15)26-12-10-25(11-13-26)16(2)27/h6-9,14H,10-13H2,1-5H3,(H,22,23,24). The van der Waals surface area contributed by atoms with E-state index in [1.54, 1.807) is 6.92 Å². The van der Waals surface area contributed by atoms with Crippen LogP contribution in [0.2, 0.25) is 0 Å². The number of carbonyl (C=O) groups is 1. The van der Waals surface area contributed by atoms with Gasteiger partial charge in [-0.05, 0) is 30.0 Å². The molecule has 2 aromatic rings. The molecule has 0 saturated carbocycles. The molecular weight excluding hydrogens is 338 g/mol. The Labute approximate surface area is 161 Å². The summed E-state index contributed by atoms with van der Waals surface area (Å²) in [6.45, 7) is 13.2. The van der Waals surface area contributed by atoms with Crippen molar-refractivity contribution in [2.75, 3.05) is 36.4 Å². The fraction of sp³-hybridized carbons (Fsp3) is 0.476. The van der Waals surface area contributed by atoms with E-state index in [2.05, 4.69) is 60.2 Å². The number of hydrogen-bond acceptors (Lipinski definition) is 5. The summed E-state index contributed by atoms with van der Waals surface area (Å²) in [6.07, 6.45) is 0. The van der Waals surface area contributed by atoms with Crippen molar-refractivity contribution in [2.45, 2.75) is 40.0 Å². The Kier molecular flexibility index (Phi) is 5.35. The van der Waals surface area contributed by atoms with Gasteiger partial charge in [-0.2, -0.15) is 4.98 Å². The second-order valence-electron chi connectivity index (χ2n) is 8.14. The molecule has 6 nitrogen and oxygen atoms in total. The molecule has 144 valence electrons. The lowest BCUT2D eigenvalue weighted by Gasteiger charge is -2.34. The van der Waals surface area contributed by atoms with Crippen molar-refractivity contribution >= 4 is 23.4 Å². The first-order valence-electron chi connectivity index (χ1n) is 9.46. The predicted octanol–water partition coefficient (Wildman–Crippen LogP) is 3.49. The average Bonchev–Trinajstić information content (AvgIpc) is 2.61. The van der Waals surface area contributed by atoms with Gasteiger partial charge in [0.2, 0.25) is 11.9 Å². The van der Waals surface area contributed by atoms with Crippen LogP contribution in [0.4, 0.5) is 17.5 Å². The summed E-state index contributed by atoms with van der Waals surface area (Å²) in [5, 5.41) is 3.39. The Bertz CT molecular complexity index is 802. The normalized spacial score (nSPS) is 15.0. The number of nitrogens with one attached hydrogen (secondary N) is 1. The van der Waals surface area contributed by atoms with E-state index < -0.39 is 0 Å². The van der Waals surface area contributed by atoms with Gasteiger partial charge in [0.15, 0.2) is 0 Å². The zero-order valence-electron chi connectivity index (χ0n) is 16.9. The van der Waals surface area contributed by atoms with E-state index in [0.717, 1.165) is 30.3 Å². The second-order valence-corrected chi connectivity index (χ2v) is 8.14. The summed E-state index contributed by atoms with van der Waals surface area (Å²) >= 11 is 0. The number of rotatable bonds is 3. The van der Waals surface area contributed by atoms with Crippen LogP contribution < -0.4 is 10.2 Å². The first-order valence-corrected chi connectivity index (χ1v) is 9.46. The number of amides is 1. The van der Waals surface area contributed by atoms with Crippen LogP contribution in [0.3, 0.4) is 0 Å². The van der Waals surface area contributed by atoms with Gasteiger partial charge in [-0.15, -0.1) is 0 Å². The molecule has 0 spiro atoms. The van der Waals surface area contributed by atoms with Crippen LogP contribution in [-0.2, 0) is 10.2 Å². The molecular formula is C21H29N5O. The summed E-state index contributed by atoms with van der Waals surface area (Å²) in [7, 11) is 0. The summed E-state index contributed by atoms with van der Waals surface area (Å²) in [4.78, 5) is 24.8. The van der Waals surface area contributed by atoms with Crippen LogP contribution >= 0.6 is 0 Å². The van der Waals surface area contributed by atoms with Crippen molar-refractivity contribution in [1.29, 1.82) is 0 Å². The van der Waals surface area contributed by atoms with Crippen molar-refractivity contribution in [3.63, 3.8) is 0 Å². The zero-order chi connectivity index (χ0) is 19.6. The number of piperazine rings is 1. The number of benzene rings is 1. The Hall–Kier alpha value is -2.63. The van der Waals surface area contributed by atoms with Gasteiger partial charge in [0.05, 0.1) is 0 Å². The highest BCUT2D eigenvalue weighted by molar-refractivity contribution is 5.73. The van der Waals surface area contributed by atoms with Crippen LogP contribution in [0.5, 0.6) is 0 Å². The minimum atomic E-state index is 0.126. The molecule has 1 aromatic carbocycles. The quantitative estimate of drug-likeness (QED) is 0.900. The van der Waals surface area contributed by atoms with E-state index in [1.807, 2.05) is 17.9 Å². The van der Waals surface area contributed by atoms with E-state index in [-0.39, 0.29) is 11.3 Å². The van der Waals surface area contributed by atoms with Crippen molar-refractivity contribution in [3.05, 3.63) is 41.6 Å². The van der Waals surface area contributed by atoms with Gasteiger partial charge in [-0.3, -0.25) is 4.79 Å². The minimum Gasteiger partial charge on any atom is -0.340 e. The first kappa shape index (κ1) is 19.1. The molecule has 1 aromatic heterocycles. The molecule has 0 unspecified atom stereocenters. The summed E-state index contributed by atoms with van der Waals surface area (Å²) in [5.41, 5.74) is 3.37. The maximum atomic E-state index is 11.5. The largest absolute Gasteiger partial charge is 0.340 e. The van der Waals surface area contributed by atoms with E-state index in [9.17, 15) is 4.79 Å². The van der Waals surface area contributed by atoms with E-state index >= 15 is 0 Å². The zero-order valence-corrected chi connectivity index (χ0v) is 16.9. The Balaban J connectivity index is 1.73. The highest BCUT2D eigenvalue weighted by Crippen LogP contribution is 2.25. The van der Waals surface area contributed by atoms with Gasteiger partial charge in [0, 0.05) is 50.6 Å². The molecule has 1 saturated heterocycles. The molecule has 0 aliphatic carbocycles. The van der Waals surface area contributed by atoms with Crippen LogP contribution in [0.25, 0.3) is 0 Å². The van der Waals surface area contributed by atoms with Crippen molar-refractivity contribution < 1.29 is 4.79 Å². The average molecular weight is 367 g/mol. The molecule has 2 heterocycles. The third-order valence-electron chi connectivity index (χ3n) is 4.87. The van der Waals surface area contributed by atoms with Gasteiger partial charge >= 0.3 is 0 Å². The summed E-state index contributed by atoms with van der Waals surface area (Å²) in [6, 6.07) is 10.4. The lowest BCUT2D eigenvalue weighted by molar-refractivity contribution is -0.129. The molecule has 3 rings (SSSR count). The highest BCUT2D eigenvalue weighted by atomic mass is 16.2. The second kappa shape index (κ2) is 7.55. The van der Waals surface area contributed by atoms with E-state index in [4.69, 9.17) is 4.98 Å². The fourth-order valence-corrected chi connectivity index (χ4v) is 3.18. The van der Waals surface area contributed by atoms with Crippen molar-refractivity contribution in [3.8, 4) is 0 Å². The Morgan fingerprint density at radius 2 is 1.67 bits per heavy atom. The van der Waals surface area contributed by atoms with Crippen LogP contribution in [0, 0.1) is 6.92 Å². The number of nitrogens with zero attached hydrogens (tertiary/aromatic N) is 4. The monoisotopic (exact) mass is 367 g/mol. The number of hydrogen-bond donors (Lipinski definition) is 1. The molecule has 27 heavy (non-hydrogen) atoms.